The number of hydrogen-bond donors (Lipinski definition) is 0. The van der Waals surface area contributed by atoms with Crippen molar-refractivity contribution in [2.75, 3.05) is 0 Å². The van der Waals surface area contributed by atoms with Gasteiger partial charge in [0.1, 0.15) is 0 Å². The van der Waals surface area contributed by atoms with Crippen molar-refractivity contribution in [3.05, 3.63) is 0 Å². The topological polar surface area (TPSA) is 0 Å². The molecule has 0 aromatic heterocycles. The Morgan fingerprint density at radius 2 is 1.80 bits per heavy atom. The Kier molecular flexibility index (Phi) is 17.3. The van der Waals surface area contributed by atoms with Crippen LogP contribution < -0.4 is 0 Å². The molecule has 0 saturated heterocycles. The van der Waals surface area contributed by atoms with Gasteiger partial charge in [-0.2, -0.15) is 0 Å². The van der Waals surface area contributed by atoms with E-state index in [0.29, 0.717) is 8.34 Å². The molecular weight excluding hydrogens is 258 g/mol. The van der Waals surface area contributed by atoms with Crippen LogP contribution in [0.15, 0.2) is 0 Å². The van der Waals surface area contributed by atoms with Crippen LogP contribution in [0, 0.1) is 0 Å². The Morgan fingerprint density at radius 1 is 1.60 bits per heavy atom. The van der Waals surface area contributed by atoms with Gasteiger partial charge in [-0.25, -0.2) is 8.34 Å². The van der Waals surface area contributed by atoms with Gasteiger partial charge in [-0.15, -0.1) is 0 Å². The standard InChI is InChI=1S/B3HP.Pt/c1-3-4-2;/h4H;. The van der Waals surface area contributed by atoms with E-state index in [9.17, 15) is 0 Å². The van der Waals surface area contributed by atoms with Gasteiger partial charge in [0.2, 0.25) is 0 Å². The van der Waals surface area contributed by atoms with E-state index in [2.05, 4.69) is 0 Å². The van der Waals surface area contributed by atoms with Gasteiger partial charge >= 0.3 is 0 Å². The summed E-state index contributed by atoms with van der Waals surface area (Å²) in [6, 6.07) is 0. The molecule has 0 fully saturated rings. The van der Waals surface area contributed by atoms with Crippen molar-refractivity contribution in [1.29, 1.82) is 0 Å². The maximum absolute atomic E-state index is 4.88. The monoisotopic (exact) mass is 260 g/mol. The second kappa shape index (κ2) is 9.00. The Morgan fingerprint density at radius 3 is 1.80 bits per heavy atom. The summed E-state index contributed by atoms with van der Waals surface area (Å²) in [5.74, 6) is 0. The predicted molar refractivity (Wildman–Crippen MR) is 25.6 cm³/mol. The second-order valence-corrected chi connectivity index (χ2v) is 1.00. The molecule has 0 nitrogen and oxygen atoms in total. The molecule has 1 unspecified atom stereocenters. The summed E-state index contributed by atoms with van der Waals surface area (Å²) < 4.78 is 0. The maximum Gasteiger partial charge on any atom is 0.0903 e. The largest absolute Gasteiger partial charge is 0.218 e. The molecule has 0 aromatic rings. The molecule has 5 heavy (non-hydrogen) atoms. The zero-order chi connectivity index (χ0) is 3.41. The van der Waals surface area contributed by atoms with Crippen molar-refractivity contribution in [2.24, 2.45) is 0 Å². The van der Waals surface area contributed by atoms with Gasteiger partial charge in [-0.1, -0.05) is 0 Å². The van der Waals surface area contributed by atoms with E-state index in [0.717, 1.165) is 0 Å². The molecular formula is HB3PPt. The van der Waals surface area contributed by atoms with Gasteiger partial charge in [-0.3, -0.25) is 0 Å². The van der Waals surface area contributed by atoms with Crippen LogP contribution in [0.2, 0.25) is 0 Å². The fraction of sp³-hybridized carbons (Fsp3) is 0. The first kappa shape index (κ1) is 9.58. The molecule has 0 heterocycles. The van der Waals surface area contributed by atoms with Crippen molar-refractivity contribution in [3.8, 4) is 0 Å². The third kappa shape index (κ3) is 10.9. The van der Waals surface area contributed by atoms with Crippen molar-refractivity contribution >= 4 is 30.5 Å². The summed E-state index contributed by atoms with van der Waals surface area (Å²) in [4.78, 5) is 0. The average Bonchev–Trinajstić information content (AvgIpc) is 1.37. The molecule has 25 valence electrons. The predicted octanol–water partition coefficient (Wildman–Crippen LogP) is -0.551. The Bertz CT molecular complexity index is 8.85. The number of rotatable bonds is 1. The molecule has 0 N–H and O–H groups in total. The van der Waals surface area contributed by atoms with Gasteiger partial charge in [0.15, 0.2) is 0 Å². The zero-order valence-corrected chi connectivity index (χ0v) is 5.82. The van der Waals surface area contributed by atoms with E-state index < -0.39 is 0 Å². The minimum atomic E-state index is 0. The van der Waals surface area contributed by atoms with Gasteiger partial charge in [0.25, 0.3) is 0 Å². The van der Waals surface area contributed by atoms with Crippen LogP contribution in [-0.4, -0.2) is 22.2 Å². The van der Waals surface area contributed by atoms with Gasteiger partial charge in [0, 0.05) is 28.8 Å². The van der Waals surface area contributed by atoms with E-state index in [4.69, 9.17) is 15.3 Å². The smallest absolute Gasteiger partial charge is 0.0903 e. The minimum absolute atomic E-state index is 0. The Balaban J connectivity index is 0. The van der Waals surface area contributed by atoms with Crippen LogP contribution in [0.3, 0.4) is 0 Å². The van der Waals surface area contributed by atoms with E-state index in [1.165, 1.54) is 6.89 Å². The third-order valence-corrected chi connectivity index (χ3v) is 0.289. The number of hydrogen-bond acceptors (Lipinski definition) is 0. The van der Waals surface area contributed by atoms with Gasteiger partial charge < -0.3 is 0 Å². The van der Waals surface area contributed by atoms with Crippen LogP contribution in [-0.2, 0) is 21.1 Å². The molecule has 0 aliphatic carbocycles. The van der Waals surface area contributed by atoms with Gasteiger partial charge in [0.05, 0.1) is 14.5 Å². The quantitative estimate of drug-likeness (QED) is 0.438. The van der Waals surface area contributed by atoms with Crippen LogP contribution in [0.1, 0.15) is 0 Å². The van der Waals surface area contributed by atoms with Gasteiger partial charge in [-0.05, 0) is 0 Å². The van der Waals surface area contributed by atoms with Crippen molar-refractivity contribution in [2.45, 2.75) is 0 Å². The molecule has 5 radical (unpaired) electrons. The summed E-state index contributed by atoms with van der Waals surface area (Å²) >= 11 is 0. The molecule has 0 aliphatic rings. The fourth-order valence-corrected chi connectivity index (χ4v) is 0. The first-order valence-electron chi connectivity index (χ1n) is 0.911. The fourth-order valence-electron chi connectivity index (χ4n) is 0. The molecule has 0 aliphatic heterocycles. The summed E-state index contributed by atoms with van der Waals surface area (Å²) in [6.45, 7) is 1.43. The van der Waals surface area contributed by atoms with E-state index in [-0.39, 0.29) is 21.1 Å². The van der Waals surface area contributed by atoms with E-state index in [1.807, 2.05) is 0 Å². The minimum Gasteiger partial charge on any atom is -0.218 e. The third-order valence-electron chi connectivity index (χ3n) is 0.0962. The van der Waals surface area contributed by atoms with Crippen LogP contribution in [0.25, 0.3) is 0 Å². The normalized spacial score (nSPS) is 7.20. The van der Waals surface area contributed by atoms with Crippen molar-refractivity contribution in [1.82, 2.24) is 0 Å². The molecule has 0 amide bonds. The molecule has 0 rings (SSSR count). The zero-order valence-electron chi connectivity index (χ0n) is 2.55. The summed E-state index contributed by atoms with van der Waals surface area (Å²) in [5.41, 5.74) is 0. The summed E-state index contributed by atoms with van der Waals surface area (Å²) in [7, 11) is 9.96. The summed E-state index contributed by atoms with van der Waals surface area (Å²) in [6.07, 6.45) is 0. The first-order chi connectivity index (χ1) is 1.91. The average molecular weight is 259 g/mol. The maximum atomic E-state index is 4.88. The van der Waals surface area contributed by atoms with Crippen LogP contribution in [0.5, 0.6) is 0 Å². The Labute approximate surface area is 51.9 Å². The molecule has 0 saturated carbocycles. The molecule has 5 heteroatoms. The van der Waals surface area contributed by atoms with Crippen molar-refractivity contribution in [3.63, 3.8) is 0 Å². The second-order valence-electron chi connectivity index (χ2n) is 0.333. The molecule has 0 aromatic carbocycles. The van der Waals surface area contributed by atoms with E-state index in [1.54, 1.807) is 0 Å². The molecule has 0 spiro atoms. The SMILES string of the molecule is [B][B]P[B].[Pt]. The molecule has 0 bridgehead atoms. The summed E-state index contributed by atoms with van der Waals surface area (Å²) in [5, 5.41) is 0. The van der Waals surface area contributed by atoms with E-state index >= 15 is 0 Å². The Hall–Kier alpha value is 1.31. The van der Waals surface area contributed by atoms with Crippen molar-refractivity contribution < 1.29 is 21.1 Å². The van der Waals surface area contributed by atoms with Crippen LogP contribution >= 0.6 is 8.34 Å². The molecule has 1 atom stereocenters. The first-order valence-corrected chi connectivity index (χ1v) is 2.07. The van der Waals surface area contributed by atoms with Crippen LogP contribution in [0.4, 0.5) is 0 Å².